The highest BCUT2D eigenvalue weighted by Gasteiger charge is 2.49. The Morgan fingerprint density at radius 2 is 2.06 bits per heavy atom. The minimum atomic E-state index is -4.28. The highest BCUT2D eigenvalue weighted by Crippen LogP contribution is 2.49. The lowest BCUT2D eigenvalue weighted by atomic mass is 10.1. The number of imidazole rings is 1. The summed E-state index contributed by atoms with van der Waals surface area (Å²) in [5.74, 6) is -1.46. The number of carbonyl (C=O) groups excluding carboxylic acids is 1. The van der Waals surface area contributed by atoms with E-state index >= 15 is 0 Å². The number of ether oxygens (including phenoxy) is 1. The lowest BCUT2D eigenvalue weighted by Gasteiger charge is -2.24. The van der Waals surface area contributed by atoms with E-state index < -0.39 is 50.4 Å². The molecule has 3 heterocycles. The number of benzene rings is 1. The number of hydrogen-bond donors (Lipinski definition) is 5. The quantitative estimate of drug-likeness (QED) is 0.291. The van der Waals surface area contributed by atoms with E-state index in [1.165, 1.54) is 24.1 Å². The number of hydrogen-bond acceptors (Lipinski definition) is 10. The van der Waals surface area contributed by atoms with Gasteiger partial charge in [-0.3, -0.25) is 18.5 Å². The molecule has 2 unspecified atom stereocenters. The van der Waals surface area contributed by atoms with E-state index in [4.69, 9.17) is 15.0 Å². The molecule has 0 aliphatic carbocycles. The summed E-state index contributed by atoms with van der Waals surface area (Å²) in [7, 11) is -4.28. The van der Waals surface area contributed by atoms with E-state index in [0.29, 0.717) is 5.56 Å². The minimum Gasteiger partial charge on any atom is -0.394 e. The molecule has 14 heteroatoms. The number of aliphatic hydroxyl groups is 2. The van der Waals surface area contributed by atoms with E-state index in [1.54, 1.807) is 30.3 Å². The molecule has 6 N–H and O–H groups in total. The van der Waals surface area contributed by atoms with Crippen LogP contribution in [0.25, 0.3) is 11.2 Å². The van der Waals surface area contributed by atoms with Crippen molar-refractivity contribution in [3.63, 3.8) is 0 Å². The first kappa shape index (κ1) is 23.4. The SMILES string of the molecule is CC(N)P(=O)(O)O[C@H]1[C@@H](O)[C@H](n2cnc3c(NC(=O)c4ccccc4)ncnc32)O[C@@H]1CO. The van der Waals surface area contributed by atoms with Gasteiger partial charge in [0.15, 0.2) is 23.2 Å². The number of fused-ring (bicyclic) bond motifs is 1. The van der Waals surface area contributed by atoms with Crippen LogP contribution < -0.4 is 11.1 Å². The molecule has 3 aromatic rings. The Morgan fingerprint density at radius 1 is 1.33 bits per heavy atom. The lowest BCUT2D eigenvalue weighted by Crippen LogP contribution is -2.37. The number of rotatable bonds is 7. The van der Waals surface area contributed by atoms with Gasteiger partial charge in [0.1, 0.15) is 30.4 Å². The fraction of sp³-hybridized carbons (Fsp3) is 0.368. The molecule has 176 valence electrons. The van der Waals surface area contributed by atoms with Crippen LogP contribution in [0.5, 0.6) is 0 Å². The summed E-state index contributed by atoms with van der Waals surface area (Å²) in [6.07, 6.45) is -2.54. The van der Waals surface area contributed by atoms with E-state index in [1.807, 2.05) is 0 Å². The van der Waals surface area contributed by atoms with Crippen LogP contribution >= 0.6 is 7.60 Å². The monoisotopic (exact) mass is 478 g/mol. The lowest BCUT2D eigenvalue weighted by molar-refractivity contribution is -0.0506. The number of anilines is 1. The van der Waals surface area contributed by atoms with Gasteiger partial charge in [0.05, 0.1) is 12.9 Å². The molecule has 6 atom stereocenters. The van der Waals surface area contributed by atoms with Crippen LogP contribution in [0.1, 0.15) is 23.5 Å². The summed E-state index contributed by atoms with van der Waals surface area (Å²) < 4.78 is 24.4. The van der Waals surface area contributed by atoms with E-state index in [-0.39, 0.29) is 17.0 Å². The molecule has 4 rings (SSSR count). The Bertz CT molecular complexity index is 1190. The number of aliphatic hydroxyl groups excluding tert-OH is 2. The normalized spacial score (nSPS) is 25.6. The van der Waals surface area contributed by atoms with Gasteiger partial charge in [0.2, 0.25) is 0 Å². The summed E-state index contributed by atoms with van der Waals surface area (Å²) in [5.41, 5.74) is 6.36. The zero-order valence-electron chi connectivity index (χ0n) is 17.4. The first-order valence-electron chi connectivity index (χ1n) is 9.97. The molecular formula is C19H23N6O7P. The Kier molecular flexibility index (Phi) is 6.54. The number of nitrogens with two attached hydrogens (primary N) is 1. The maximum atomic E-state index is 12.5. The Morgan fingerprint density at radius 3 is 2.73 bits per heavy atom. The molecule has 0 spiro atoms. The van der Waals surface area contributed by atoms with Gasteiger partial charge in [-0.25, -0.2) is 15.0 Å². The minimum absolute atomic E-state index is 0.142. The standard InChI is InChI=1S/C19H23N6O7P/c1-10(20)33(29,30)32-15-12(7-26)31-19(14(15)27)25-9-23-13-16(21-8-22-17(13)25)24-18(28)11-5-3-2-4-6-11/h2-6,8-10,12,14-15,19,26-27H,7,20H2,1H3,(H,29,30)(H,21,22,24,28)/t10?,12-,14-,15-,19-/m1/s1. The van der Waals surface area contributed by atoms with Crippen LogP contribution in [0, 0.1) is 0 Å². The fourth-order valence-corrected chi connectivity index (χ4v) is 4.20. The van der Waals surface area contributed by atoms with E-state index in [0.717, 1.165) is 0 Å². The van der Waals surface area contributed by atoms with Crippen LogP contribution in [0.15, 0.2) is 43.0 Å². The number of amides is 1. The van der Waals surface area contributed by atoms with Crippen molar-refractivity contribution in [2.24, 2.45) is 5.73 Å². The molecule has 1 aromatic carbocycles. The number of carbonyl (C=O) groups is 1. The average Bonchev–Trinajstić information content (AvgIpc) is 3.36. The first-order valence-corrected chi connectivity index (χ1v) is 11.6. The van der Waals surface area contributed by atoms with Gasteiger partial charge in [-0.1, -0.05) is 18.2 Å². The van der Waals surface area contributed by atoms with Crippen LogP contribution in [0.3, 0.4) is 0 Å². The van der Waals surface area contributed by atoms with Gasteiger partial charge in [-0.2, -0.15) is 0 Å². The second-order valence-corrected chi connectivity index (χ2v) is 9.63. The summed E-state index contributed by atoms with van der Waals surface area (Å²) in [6, 6.07) is 8.53. The molecule has 0 radical (unpaired) electrons. The van der Waals surface area contributed by atoms with Crippen molar-refractivity contribution in [3.8, 4) is 0 Å². The predicted octanol–water partition coefficient (Wildman–Crippen LogP) is 0.204. The summed E-state index contributed by atoms with van der Waals surface area (Å²) >= 11 is 0. The molecule has 13 nitrogen and oxygen atoms in total. The molecule has 1 aliphatic heterocycles. The van der Waals surface area contributed by atoms with Crippen molar-refractivity contribution in [3.05, 3.63) is 48.5 Å². The molecule has 33 heavy (non-hydrogen) atoms. The number of nitrogens with one attached hydrogen (secondary N) is 1. The van der Waals surface area contributed by atoms with Crippen LogP contribution in [0.2, 0.25) is 0 Å². The van der Waals surface area contributed by atoms with Gasteiger partial charge in [0, 0.05) is 5.56 Å². The van der Waals surface area contributed by atoms with Crippen molar-refractivity contribution in [1.82, 2.24) is 19.5 Å². The third-order valence-corrected chi connectivity index (χ3v) is 6.75. The van der Waals surface area contributed by atoms with Gasteiger partial charge in [0.25, 0.3) is 5.91 Å². The molecule has 1 aliphatic rings. The predicted molar refractivity (Wildman–Crippen MR) is 115 cm³/mol. The molecule has 2 aromatic heterocycles. The Hall–Kier alpha value is -2.77. The van der Waals surface area contributed by atoms with Crippen molar-refractivity contribution in [1.29, 1.82) is 0 Å². The number of aromatic nitrogens is 4. The highest BCUT2D eigenvalue weighted by atomic mass is 31.2. The maximum Gasteiger partial charge on any atom is 0.344 e. The summed E-state index contributed by atoms with van der Waals surface area (Å²) in [5, 5.41) is 23.1. The zero-order chi connectivity index (χ0) is 23.8. The number of nitrogens with zero attached hydrogens (tertiary/aromatic N) is 4. The van der Waals surface area contributed by atoms with E-state index in [9.17, 15) is 24.5 Å². The molecule has 0 saturated carbocycles. The molecule has 0 bridgehead atoms. The van der Waals surface area contributed by atoms with Gasteiger partial charge in [-0.15, -0.1) is 0 Å². The average molecular weight is 478 g/mol. The maximum absolute atomic E-state index is 12.5. The van der Waals surface area contributed by atoms with Crippen molar-refractivity contribution < 1.29 is 33.7 Å². The van der Waals surface area contributed by atoms with Gasteiger partial charge in [-0.05, 0) is 19.1 Å². The van der Waals surface area contributed by atoms with Gasteiger partial charge >= 0.3 is 7.60 Å². The molecule has 1 amide bonds. The molecule has 1 saturated heterocycles. The largest absolute Gasteiger partial charge is 0.394 e. The van der Waals surface area contributed by atoms with E-state index in [2.05, 4.69) is 20.3 Å². The topological polar surface area (TPSA) is 195 Å². The Balaban J connectivity index is 1.62. The van der Waals surface area contributed by atoms with Crippen LogP contribution in [-0.2, 0) is 13.8 Å². The van der Waals surface area contributed by atoms with Crippen LogP contribution in [0.4, 0.5) is 5.82 Å². The molecular weight excluding hydrogens is 455 g/mol. The molecule has 1 fully saturated rings. The zero-order valence-corrected chi connectivity index (χ0v) is 18.3. The second kappa shape index (κ2) is 9.23. The summed E-state index contributed by atoms with van der Waals surface area (Å²) in [4.78, 5) is 34.9. The summed E-state index contributed by atoms with van der Waals surface area (Å²) in [6.45, 7) is 0.705. The first-order chi connectivity index (χ1) is 15.7. The van der Waals surface area contributed by atoms with Crippen molar-refractivity contribution >= 4 is 30.5 Å². The smallest absolute Gasteiger partial charge is 0.344 e. The Labute approximate surface area is 187 Å². The van der Waals surface area contributed by atoms with Gasteiger partial charge < -0.3 is 30.9 Å². The third-order valence-electron chi connectivity index (χ3n) is 5.18. The van der Waals surface area contributed by atoms with Crippen molar-refractivity contribution in [2.45, 2.75) is 37.2 Å². The van der Waals surface area contributed by atoms with Crippen LogP contribution in [-0.4, -0.2) is 71.2 Å². The fourth-order valence-electron chi connectivity index (χ4n) is 3.40. The van der Waals surface area contributed by atoms with Crippen molar-refractivity contribution in [2.75, 3.05) is 11.9 Å². The second-order valence-electron chi connectivity index (χ2n) is 7.48. The highest BCUT2D eigenvalue weighted by molar-refractivity contribution is 7.53. The third kappa shape index (κ3) is 4.52.